The number of aryl methyl sites for hydroxylation is 1. The molecule has 1 aromatic heterocycles. The van der Waals surface area contributed by atoms with Gasteiger partial charge in [0, 0.05) is 12.0 Å². The summed E-state index contributed by atoms with van der Waals surface area (Å²) < 4.78 is 0. The van der Waals surface area contributed by atoms with E-state index < -0.39 is 0 Å². The van der Waals surface area contributed by atoms with Gasteiger partial charge in [0.05, 0.1) is 5.69 Å². The number of thioether (sulfide) groups is 1. The van der Waals surface area contributed by atoms with Crippen molar-refractivity contribution in [1.82, 2.24) is 9.97 Å². The Morgan fingerprint density at radius 1 is 1.32 bits per heavy atom. The average molecular weight is 276 g/mol. The monoisotopic (exact) mass is 276 g/mol. The Balaban J connectivity index is 2.39. The quantitative estimate of drug-likeness (QED) is 0.664. The van der Waals surface area contributed by atoms with Crippen LogP contribution in [0.4, 0.5) is 0 Å². The van der Waals surface area contributed by atoms with E-state index in [-0.39, 0.29) is 11.3 Å². The number of aromatic hydroxyl groups is 1. The van der Waals surface area contributed by atoms with Crippen LogP contribution in [0.25, 0.3) is 0 Å². The molecule has 0 saturated heterocycles. The van der Waals surface area contributed by atoms with Gasteiger partial charge in [-0.3, -0.25) is 4.79 Å². The number of nitrogens with zero attached hydrogens (tertiary/aromatic N) is 1. The van der Waals surface area contributed by atoms with Crippen LogP contribution in [0.5, 0.6) is 5.75 Å². The molecular formula is C14H16N2O2S. The van der Waals surface area contributed by atoms with Crippen LogP contribution < -0.4 is 5.56 Å². The number of aromatic amines is 1. The number of rotatable bonds is 4. The van der Waals surface area contributed by atoms with Gasteiger partial charge in [-0.25, -0.2) is 4.98 Å². The number of nitrogens with one attached hydrogen (secondary N) is 1. The molecule has 5 heteroatoms. The number of hydrogen-bond donors (Lipinski definition) is 2. The van der Waals surface area contributed by atoms with Crippen LogP contribution in [0.2, 0.25) is 0 Å². The lowest BCUT2D eigenvalue weighted by atomic mass is 10.0. The lowest BCUT2D eigenvalue weighted by Crippen LogP contribution is -2.18. The molecule has 19 heavy (non-hydrogen) atoms. The predicted molar refractivity (Wildman–Crippen MR) is 76.9 cm³/mol. The average Bonchev–Trinajstić information content (AvgIpc) is 2.43. The van der Waals surface area contributed by atoms with Crippen LogP contribution >= 0.6 is 11.8 Å². The minimum atomic E-state index is -0.0794. The molecule has 0 amide bonds. The third kappa shape index (κ3) is 3.17. The van der Waals surface area contributed by atoms with Gasteiger partial charge in [-0.05, 0) is 30.4 Å². The molecule has 1 heterocycles. The molecule has 0 fully saturated rings. The summed E-state index contributed by atoms with van der Waals surface area (Å²) in [4.78, 5) is 19.3. The fourth-order valence-corrected chi connectivity index (χ4v) is 2.31. The van der Waals surface area contributed by atoms with E-state index >= 15 is 0 Å². The number of hydrogen-bond acceptors (Lipinski definition) is 4. The van der Waals surface area contributed by atoms with Crippen molar-refractivity contribution in [2.45, 2.75) is 24.9 Å². The molecule has 0 bridgehead atoms. The summed E-state index contributed by atoms with van der Waals surface area (Å²) in [5, 5.41) is 9.91. The first-order chi connectivity index (χ1) is 9.13. The SMILES string of the molecule is CCc1nc(SC)[nH]c(=O)c1Cc1ccc(O)cc1. The Bertz CT molecular complexity index is 620. The van der Waals surface area contributed by atoms with Crippen molar-refractivity contribution in [2.24, 2.45) is 0 Å². The van der Waals surface area contributed by atoms with Gasteiger partial charge in [-0.2, -0.15) is 0 Å². The van der Waals surface area contributed by atoms with Crippen LogP contribution in [0, 0.1) is 0 Å². The zero-order valence-corrected chi connectivity index (χ0v) is 11.8. The smallest absolute Gasteiger partial charge is 0.255 e. The Labute approximate surface area is 115 Å². The fraction of sp³-hybridized carbons (Fsp3) is 0.286. The summed E-state index contributed by atoms with van der Waals surface area (Å²) in [6, 6.07) is 6.88. The topological polar surface area (TPSA) is 66.0 Å². The van der Waals surface area contributed by atoms with E-state index in [0.717, 1.165) is 17.7 Å². The second-order valence-electron chi connectivity index (χ2n) is 4.20. The lowest BCUT2D eigenvalue weighted by molar-refractivity contribution is 0.475. The number of H-pyrrole nitrogens is 1. The van der Waals surface area contributed by atoms with Crippen LogP contribution in [0.1, 0.15) is 23.7 Å². The first kappa shape index (κ1) is 13.7. The van der Waals surface area contributed by atoms with Crippen LogP contribution in [-0.4, -0.2) is 21.3 Å². The van der Waals surface area contributed by atoms with E-state index in [2.05, 4.69) is 9.97 Å². The molecule has 1 aromatic carbocycles. The Morgan fingerprint density at radius 3 is 2.58 bits per heavy atom. The number of phenols is 1. The van der Waals surface area contributed by atoms with Crippen molar-refractivity contribution in [3.63, 3.8) is 0 Å². The van der Waals surface area contributed by atoms with Crippen LogP contribution in [0.15, 0.2) is 34.2 Å². The van der Waals surface area contributed by atoms with Crippen molar-refractivity contribution in [3.05, 3.63) is 51.4 Å². The van der Waals surface area contributed by atoms with Gasteiger partial charge >= 0.3 is 0 Å². The minimum absolute atomic E-state index is 0.0794. The molecular weight excluding hydrogens is 260 g/mol. The maximum Gasteiger partial charge on any atom is 0.255 e. The molecule has 0 aliphatic rings. The molecule has 0 spiro atoms. The van der Waals surface area contributed by atoms with Gasteiger partial charge in [-0.15, -0.1) is 0 Å². The van der Waals surface area contributed by atoms with Gasteiger partial charge in [0.25, 0.3) is 5.56 Å². The van der Waals surface area contributed by atoms with E-state index in [1.807, 2.05) is 25.3 Å². The van der Waals surface area contributed by atoms with Gasteiger partial charge in [-0.1, -0.05) is 30.8 Å². The lowest BCUT2D eigenvalue weighted by Gasteiger charge is -2.08. The van der Waals surface area contributed by atoms with E-state index in [9.17, 15) is 9.90 Å². The highest BCUT2D eigenvalue weighted by atomic mass is 32.2. The Morgan fingerprint density at radius 2 is 2.00 bits per heavy atom. The highest BCUT2D eigenvalue weighted by molar-refractivity contribution is 7.98. The third-order valence-corrected chi connectivity index (χ3v) is 3.50. The highest BCUT2D eigenvalue weighted by Gasteiger charge is 2.10. The summed E-state index contributed by atoms with van der Waals surface area (Å²) in [6.45, 7) is 1.99. The molecule has 0 aliphatic heterocycles. The molecule has 0 radical (unpaired) electrons. The summed E-state index contributed by atoms with van der Waals surface area (Å²) >= 11 is 1.43. The minimum Gasteiger partial charge on any atom is -0.508 e. The predicted octanol–water partition coefficient (Wildman–Crippen LogP) is 2.35. The second kappa shape index (κ2) is 5.93. The number of benzene rings is 1. The summed E-state index contributed by atoms with van der Waals surface area (Å²) in [5.41, 5.74) is 2.44. The Hall–Kier alpha value is -1.75. The van der Waals surface area contributed by atoms with Crippen molar-refractivity contribution in [2.75, 3.05) is 6.26 Å². The molecule has 2 rings (SSSR count). The maximum atomic E-state index is 12.1. The molecule has 2 aromatic rings. The molecule has 0 atom stereocenters. The molecule has 0 saturated carbocycles. The van der Waals surface area contributed by atoms with Crippen molar-refractivity contribution in [3.8, 4) is 5.75 Å². The van der Waals surface area contributed by atoms with E-state index in [0.29, 0.717) is 17.1 Å². The largest absolute Gasteiger partial charge is 0.508 e. The summed E-state index contributed by atoms with van der Waals surface area (Å²) in [6.07, 6.45) is 3.14. The van der Waals surface area contributed by atoms with Crippen LogP contribution in [-0.2, 0) is 12.8 Å². The number of aromatic nitrogens is 2. The zero-order chi connectivity index (χ0) is 13.8. The first-order valence-corrected chi connectivity index (χ1v) is 7.30. The summed E-state index contributed by atoms with van der Waals surface area (Å²) in [7, 11) is 0. The van der Waals surface area contributed by atoms with E-state index in [1.165, 1.54) is 11.8 Å². The molecule has 100 valence electrons. The van der Waals surface area contributed by atoms with E-state index in [1.54, 1.807) is 12.1 Å². The molecule has 4 nitrogen and oxygen atoms in total. The van der Waals surface area contributed by atoms with Gasteiger partial charge in [0.1, 0.15) is 5.75 Å². The molecule has 2 N–H and O–H groups in total. The van der Waals surface area contributed by atoms with E-state index in [4.69, 9.17) is 0 Å². The standard InChI is InChI=1S/C14H16N2O2S/c1-3-12-11(13(18)16-14(15-12)19-2)8-9-4-6-10(17)7-5-9/h4-7,17H,3,8H2,1-2H3,(H,15,16,18). The normalized spacial score (nSPS) is 10.6. The number of phenolic OH excluding ortho intramolecular Hbond substituents is 1. The highest BCUT2D eigenvalue weighted by Crippen LogP contribution is 2.15. The zero-order valence-electron chi connectivity index (χ0n) is 10.9. The first-order valence-electron chi connectivity index (χ1n) is 6.08. The van der Waals surface area contributed by atoms with Gasteiger partial charge in [0.15, 0.2) is 5.16 Å². The van der Waals surface area contributed by atoms with Crippen molar-refractivity contribution >= 4 is 11.8 Å². The van der Waals surface area contributed by atoms with Crippen LogP contribution in [0.3, 0.4) is 0 Å². The summed E-state index contributed by atoms with van der Waals surface area (Å²) in [5.74, 6) is 0.226. The van der Waals surface area contributed by atoms with Crippen molar-refractivity contribution < 1.29 is 5.11 Å². The van der Waals surface area contributed by atoms with Gasteiger partial charge in [0.2, 0.25) is 0 Å². The van der Waals surface area contributed by atoms with Crippen molar-refractivity contribution in [1.29, 1.82) is 0 Å². The molecule has 0 unspecified atom stereocenters. The molecule has 0 aliphatic carbocycles. The Kier molecular flexibility index (Phi) is 4.27. The second-order valence-corrected chi connectivity index (χ2v) is 4.99. The fourth-order valence-electron chi connectivity index (χ4n) is 1.91. The maximum absolute atomic E-state index is 12.1. The third-order valence-electron chi connectivity index (χ3n) is 2.92. The van der Waals surface area contributed by atoms with Gasteiger partial charge < -0.3 is 10.1 Å².